The van der Waals surface area contributed by atoms with Crippen LogP contribution in [0.4, 0.5) is 11.4 Å². The zero-order valence-electron chi connectivity index (χ0n) is 14.2. The lowest BCUT2D eigenvalue weighted by Gasteiger charge is -2.06. The van der Waals surface area contributed by atoms with Crippen molar-refractivity contribution in [2.24, 2.45) is 10.2 Å². The predicted octanol–water partition coefficient (Wildman–Crippen LogP) is 5.38. The first kappa shape index (κ1) is 16.8. The topological polar surface area (TPSA) is 48.1 Å². The van der Waals surface area contributed by atoms with E-state index in [-0.39, 0.29) is 0 Å². The minimum atomic E-state index is 0.685. The number of nitrogens with zero attached hydrogens (tertiary/aromatic N) is 3. The fraction of sp³-hybridized carbons (Fsp3) is 0.200. The molecule has 0 unspecified atom stereocenters. The first-order valence-electron chi connectivity index (χ1n) is 8.23. The summed E-state index contributed by atoms with van der Waals surface area (Å²) in [6.07, 6.45) is 5.08. The van der Waals surface area contributed by atoms with Crippen molar-refractivity contribution in [3.8, 4) is 11.5 Å². The van der Waals surface area contributed by atoms with Gasteiger partial charge in [-0.05, 0) is 67.1 Å². The SMILES string of the molecule is COc1ccc(N=Nc2ccc(OCCCn3cccc3)cc2)cc1. The Morgan fingerprint density at radius 3 is 1.92 bits per heavy atom. The van der Waals surface area contributed by atoms with Gasteiger partial charge in [0.2, 0.25) is 0 Å². The summed E-state index contributed by atoms with van der Waals surface area (Å²) in [5, 5.41) is 8.44. The molecule has 3 aromatic rings. The number of ether oxygens (including phenoxy) is 2. The van der Waals surface area contributed by atoms with E-state index in [0.717, 1.165) is 35.8 Å². The second-order valence-corrected chi connectivity index (χ2v) is 5.51. The molecule has 0 aliphatic carbocycles. The molecule has 0 bridgehead atoms. The third-order valence-electron chi connectivity index (χ3n) is 3.69. The van der Waals surface area contributed by atoms with Gasteiger partial charge in [-0.1, -0.05) is 0 Å². The van der Waals surface area contributed by atoms with E-state index in [1.54, 1.807) is 7.11 Å². The average Bonchev–Trinajstić information content (AvgIpc) is 3.18. The van der Waals surface area contributed by atoms with Crippen molar-refractivity contribution >= 4 is 11.4 Å². The fourth-order valence-electron chi connectivity index (χ4n) is 2.33. The van der Waals surface area contributed by atoms with Crippen LogP contribution in [-0.2, 0) is 6.54 Å². The van der Waals surface area contributed by atoms with Crippen molar-refractivity contribution in [2.45, 2.75) is 13.0 Å². The van der Waals surface area contributed by atoms with Gasteiger partial charge < -0.3 is 14.0 Å². The van der Waals surface area contributed by atoms with Gasteiger partial charge in [-0.2, -0.15) is 10.2 Å². The van der Waals surface area contributed by atoms with Crippen LogP contribution in [-0.4, -0.2) is 18.3 Å². The summed E-state index contributed by atoms with van der Waals surface area (Å²) in [5.74, 6) is 1.65. The molecule has 1 heterocycles. The van der Waals surface area contributed by atoms with Crippen molar-refractivity contribution in [2.75, 3.05) is 13.7 Å². The lowest BCUT2D eigenvalue weighted by Crippen LogP contribution is -2.02. The molecule has 0 aliphatic rings. The van der Waals surface area contributed by atoms with Gasteiger partial charge >= 0.3 is 0 Å². The second kappa shape index (κ2) is 8.68. The summed E-state index contributed by atoms with van der Waals surface area (Å²) in [4.78, 5) is 0. The maximum Gasteiger partial charge on any atom is 0.119 e. The molecule has 0 saturated heterocycles. The zero-order chi connectivity index (χ0) is 17.3. The zero-order valence-corrected chi connectivity index (χ0v) is 14.2. The molecule has 0 fully saturated rings. The smallest absolute Gasteiger partial charge is 0.119 e. The summed E-state index contributed by atoms with van der Waals surface area (Å²) in [6.45, 7) is 1.64. The highest BCUT2D eigenvalue weighted by Gasteiger charge is 1.97. The molecule has 128 valence electrons. The van der Waals surface area contributed by atoms with Gasteiger partial charge in [0.15, 0.2) is 0 Å². The van der Waals surface area contributed by atoms with Gasteiger partial charge in [0.25, 0.3) is 0 Å². The third-order valence-corrected chi connectivity index (χ3v) is 3.69. The van der Waals surface area contributed by atoms with Crippen molar-refractivity contribution in [1.29, 1.82) is 0 Å². The molecule has 5 heteroatoms. The van der Waals surface area contributed by atoms with E-state index in [4.69, 9.17) is 9.47 Å². The number of hydrogen-bond donors (Lipinski definition) is 0. The predicted molar refractivity (Wildman–Crippen MR) is 98.2 cm³/mol. The highest BCUT2D eigenvalue weighted by Crippen LogP contribution is 2.23. The molecule has 0 aliphatic heterocycles. The number of aryl methyl sites for hydroxylation is 1. The standard InChI is InChI=1S/C20H21N3O2/c1-24-19-9-5-17(6-10-19)21-22-18-7-11-20(12-8-18)25-16-4-15-23-13-2-3-14-23/h2-3,5-14H,4,15-16H2,1H3. The van der Waals surface area contributed by atoms with Crippen LogP contribution in [0.25, 0.3) is 0 Å². The molecule has 3 rings (SSSR count). The Morgan fingerprint density at radius 1 is 0.800 bits per heavy atom. The molecule has 25 heavy (non-hydrogen) atoms. The van der Waals surface area contributed by atoms with Gasteiger partial charge in [0.1, 0.15) is 11.5 Å². The van der Waals surface area contributed by atoms with Crippen LogP contribution >= 0.6 is 0 Å². The Hall–Kier alpha value is -3.08. The van der Waals surface area contributed by atoms with Gasteiger partial charge in [-0.15, -0.1) is 0 Å². The van der Waals surface area contributed by atoms with E-state index in [1.807, 2.05) is 60.7 Å². The average molecular weight is 335 g/mol. The van der Waals surface area contributed by atoms with E-state index in [2.05, 4.69) is 27.2 Å². The van der Waals surface area contributed by atoms with Crippen LogP contribution in [0.15, 0.2) is 83.3 Å². The number of hydrogen-bond acceptors (Lipinski definition) is 4. The molecule has 0 radical (unpaired) electrons. The molecule has 0 N–H and O–H groups in total. The fourth-order valence-corrected chi connectivity index (χ4v) is 2.33. The lowest BCUT2D eigenvalue weighted by molar-refractivity contribution is 0.302. The second-order valence-electron chi connectivity index (χ2n) is 5.51. The summed E-state index contributed by atoms with van der Waals surface area (Å²) in [6, 6.07) is 19.1. The molecule has 0 amide bonds. The maximum absolute atomic E-state index is 5.75. The number of aromatic nitrogens is 1. The Bertz CT molecular complexity index is 779. The Labute approximate surface area is 147 Å². The monoisotopic (exact) mass is 335 g/mol. The van der Waals surface area contributed by atoms with Gasteiger partial charge in [-0.25, -0.2) is 0 Å². The lowest BCUT2D eigenvalue weighted by atomic mass is 10.3. The highest BCUT2D eigenvalue weighted by atomic mass is 16.5. The maximum atomic E-state index is 5.75. The normalized spacial score (nSPS) is 10.9. The quantitative estimate of drug-likeness (QED) is 0.410. The van der Waals surface area contributed by atoms with Crippen LogP contribution in [0, 0.1) is 0 Å². The summed E-state index contributed by atoms with van der Waals surface area (Å²) < 4.78 is 13.0. The van der Waals surface area contributed by atoms with Crippen molar-refractivity contribution in [3.63, 3.8) is 0 Å². The number of methoxy groups -OCH3 is 1. The summed E-state index contributed by atoms with van der Waals surface area (Å²) >= 11 is 0. The van der Waals surface area contributed by atoms with E-state index in [0.29, 0.717) is 6.61 Å². The highest BCUT2D eigenvalue weighted by molar-refractivity contribution is 5.44. The Morgan fingerprint density at radius 2 is 1.36 bits per heavy atom. The van der Waals surface area contributed by atoms with Crippen LogP contribution < -0.4 is 9.47 Å². The number of benzene rings is 2. The number of rotatable bonds is 8. The largest absolute Gasteiger partial charge is 0.497 e. The Balaban J connectivity index is 1.46. The van der Waals surface area contributed by atoms with Crippen LogP contribution in [0.3, 0.4) is 0 Å². The summed E-state index contributed by atoms with van der Waals surface area (Å²) in [5.41, 5.74) is 1.57. The first-order valence-corrected chi connectivity index (χ1v) is 8.23. The van der Waals surface area contributed by atoms with Crippen LogP contribution in [0.2, 0.25) is 0 Å². The number of azo groups is 1. The van der Waals surface area contributed by atoms with E-state index < -0.39 is 0 Å². The molecule has 0 atom stereocenters. The molecular formula is C20H21N3O2. The molecule has 1 aromatic heterocycles. The molecule has 0 spiro atoms. The molecular weight excluding hydrogens is 314 g/mol. The molecule has 5 nitrogen and oxygen atoms in total. The van der Waals surface area contributed by atoms with Gasteiger partial charge in [0, 0.05) is 18.9 Å². The van der Waals surface area contributed by atoms with Crippen LogP contribution in [0.5, 0.6) is 11.5 Å². The Kier molecular flexibility index (Phi) is 5.82. The van der Waals surface area contributed by atoms with Crippen molar-refractivity contribution in [1.82, 2.24) is 4.57 Å². The van der Waals surface area contributed by atoms with Gasteiger partial charge in [-0.3, -0.25) is 0 Å². The summed E-state index contributed by atoms with van der Waals surface area (Å²) in [7, 11) is 1.64. The third kappa shape index (κ3) is 5.21. The van der Waals surface area contributed by atoms with E-state index in [1.165, 1.54) is 0 Å². The van der Waals surface area contributed by atoms with Crippen molar-refractivity contribution < 1.29 is 9.47 Å². The van der Waals surface area contributed by atoms with Crippen LogP contribution in [0.1, 0.15) is 6.42 Å². The van der Waals surface area contributed by atoms with E-state index in [9.17, 15) is 0 Å². The van der Waals surface area contributed by atoms with E-state index >= 15 is 0 Å². The van der Waals surface area contributed by atoms with Gasteiger partial charge in [0.05, 0.1) is 25.1 Å². The molecule has 2 aromatic carbocycles. The first-order chi connectivity index (χ1) is 12.3. The minimum absolute atomic E-state index is 0.685. The minimum Gasteiger partial charge on any atom is -0.497 e. The van der Waals surface area contributed by atoms with Crippen molar-refractivity contribution in [3.05, 3.63) is 73.1 Å². The molecule has 0 saturated carbocycles.